The van der Waals surface area contributed by atoms with Gasteiger partial charge in [-0.05, 0) is 12.8 Å². The van der Waals surface area contributed by atoms with E-state index < -0.39 is 0 Å². The first-order chi connectivity index (χ1) is 5.75. The van der Waals surface area contributed by atoms with E-state index in [1.165, 1.54) is 19.8 Å². The van der Waals surface area contributed by atoms with Gasteiger partial charge in [0.15, 0.2) is 0 Å². The summed E-state index contributed by atoms with van der Waals surface area (Å²) in [5.74, 6) is 0.788. The van der Waals surface area contributed by atoms with E-state index in [0.29, 0.717) is 11.8 Å². The molecule has 0 radical (unpaired) electrons. The standard InChI is InChI=1S/C8H9NO2S/c1-5(10)11-7-4-12-8(9-7)6-2-3-6/h4,6H,2-3H2,1H3. The Morgan fingerprint density at radius 3 is 3.08 bits per heavy atom. The summed E-state index contributed by atoms with van der Waals surface area (Å²) < 4.78 is 4.83. The van der Waals surface area contributed by atoms with Crippen LogP contribution in [0.4, 0.5) is 0 Å². The van der Waals surface area contributed by atoms with Crippen molar-refractivity contribution in [3.8, 4) is 5.88 Å². The first kappa shape index (κ1) is 7.73. The summed E-state index contributed by atoms with van der Waals surface area (Å²) in [4.78, 5) is 14.7. The third kappa shape index (κ3) is 1.64. The van der Waals surface area contributed by atoms with Crippen molar-refractivity contribution in [2.45, 2.75) is 25.7 Å². The molecule has 1 aromatic heterocycles. The minimum Gasteiger partial charge on any atom is -0.407 e. The van der Waals surface area contributed by atoms with E-state index in [2.05, 4.69) is 4.98 Å². The maximum Gasteiger partial charge on any atom is 0.309 e. The molecule has 3 nitrogen and oxygen atoms in total. The van der Waals surface area contributed by atoms with Gasteiger partial charge in [-0.2, -0.15) is 0 Å². The Labute approximate surface area is 74.4 Å². The highest BCUT2D eigenvalue weighted by Crippen LogP contribution is 2.42. The predicted octanol–water partition coefficient (Wildman–Crippen LogP) is 1.95. The lowest BCUT2D eigenvalue weighted by molar-refractivity contribution is -0.132. The molecule has 1 heterocycles. The Kier molecular flexibility index (Phi) is 1.84. The number of ether oxygens (including phenoxy) is 1. The van der Waals surface area contributed by atoms with Gasteiger partial charge in [-0.3, -0.25) is 4.79 Å². The quantitative estimate of drug-likeness (QED) is 0.658. The van der Waals surface area contributed by atoms with Gasteiger partial charge in [0.1, 0.15) is 0 Å². The lowest BCUT2D eigenvalue weighted by Gasteiger charge is -1.92. The third-order valence-corrected chi connectivity index (χ3v) is 2.66. The Morgan fingerprint density at radius 2 is 2.50 bits per heavy atom. The molecule has 0 amide bonds. The van der Waals surface area contributed by atoms with Crippen LogP contribution in [0.5, 0.6) is 5.88 Å². The second kappa shape index (κ2) is 2.86. The Morgan fingerprint density at radius 1 is 1.75 bits per heavy atom. The molecule has 0 spiro atoms. The summed E-state index contributed by atoms with van der Waals surface area (Å²) in [6.45, 7) is 1.39. The smallest absolute Gasteiger partial charge is 0.309 e. The number of aromatic nitrogens is 1. The number of thiazole rings is 1. The third-order valence-electron chi connectivity index (χ3n) is 1.68. The van der Waals surface area contributed by atoms with Gasteiger partial charge in [0, 0.05) is 12.8 Å². The van der Waals surface area contributed by atoms with Crippen molar-refractivity contribution in [3.05, 3.63) is 10.4 Å². The summed E-state index contributed by atoms with van der Waals surface area (Å²) in [6.07, 6.45) is 2.46. The molecule has 4 heteroatoms. The molecular weight excluding hydrogens is 174 g/mol. The second-order valence-corrected chi connectivity index (χ2v) is 3.78. The normalized spacial score (nSPS) is 16.1. The van der Waals surface area contributed by atoms with E-state index in [9.17, 15) is 4.79 Å². The van der Waals surface area contributed by atoms with Crippen molar-refractivity contribution in [2.75, 3.05) is 0 Å². The molecule has 1 aliphatic carbocycles. The number of nitrogens with zero attached hydrogens (tertiary/aromatic N) is 1. The molecule has 2 rings (SSSR count). The molecule has 0 aromatic carbocycles. The molecule has 0 aliphatic heterocycles. The van der Waals surface area contributed by atoms with Crippen LogP contribution >= 0.6 is 11.3 Å². The van der Waals surface area contributed by atoms with Crippen LogP contribution in [0.15, 0.2) is 5.38 Å². The molecule has 0 N–H and O–H groups in total. The number of rotatable bonds is 2. The first-order valence-corrected chi connectivity index (χ1v) is 4.77. The van der Waals surface area contributed by atoms with E-state index in [4.69, 9.17) is 4.74 Å². The van der Waals surface area contributed by atoms with Crippen molar-refractivity contribution in [3.63, 3.8) is 0 Å². The van der Waals surface area contributed by atoms with E-state index in [-0.39, 0.29) is 5.97 Å². The summed E-state index contributed by atoms with van der Waals surface area (Å²) >= 11 is 1.57. The van der Waals surface area contributed by atoms with Crippen LogP contribution < -0.4 is 4.74 Å². The topological polar surface area (TPSA) is 39.2 Å². The fourth-order valence-electron chi connectivity index (χ4n) is 0.984. The van der Waals surface area contributed by atoms with Crippen LogP contribution in [-0.2, 0) is 4.79 Å². The van der Waals surface area contributed by atoms with Crippen LogP contribution in [-0.4, -0.2) is 11.0 Å². The van der Waals surface area contributed by atoms with Crippen LogP contribution in [0, 0.1) is 0 Å². The monoisotopic (exact) mass is 183 g/mol. The van der Waals surface area contributed by atoms with E-state index in [0.717, 1.165) is 5.01 Å². The maximum atomic E-state index is 10.6. The van der Waals surface area contributed by atoms with Crippen molar-refractivity contribution in [1.82, 2.24) is 4.98 Å². The zero-order valence-corrected chi connectivity index (χ0v) is 7.56. The molecule has 12 heavy (non-hydrogen) atoms. The van der Waals surface area contributed by atoms with Gasteiger partial charge in [-0.1, -0.05) is 0 Å². The first-order valence-electron chi connectivity index (χ1n) is 3.89. The Bertz CT molecular complexity index is 304. The van der Waals surface area contributed by atoms with Gasteiger partial charge in [0.05, 0.1) is 10.4 Å². The molecule has 1 saturated carbocycles. The molecule has 0 bridgehead atoms. The lowest BCUT2D eigenvalue weighted by Crippen LogP contribution is -2.01. The maximum absolute atomic E-state index is 10.6. The van der Waals surface area contributed by atoms with Crippen molar-refractivity contribution >= 4 is 17.3 Å². The summed E-state index contributed by atoms with van der Waals surface area (Å²) in [7, 11) is 0. The van der Waals surface area contributed by atoms with Crippen LogP contribution in [0.2, 0.25) is 0 Å². The number of hydrogen-bond donors (Lipinski definition) is 0. The zero-order chi connectivity index (χ0) is 8.55. The van der Waals surface area contributed by atoms with Crippen LogP contribution in [0.1, 0.15) is 30.7 Å². The average Bonchev–Trinajstić information content (AvgIpc) is 2.73. The molecule has 1 aromatic rings. The second-order valence-electron chi connectivity index (χ2n) is 2.89. The summed E-state index contributed by atoms with van der Waals surface area (Å²) in [5, 5.41) is 2.89. The highest BCUT2D eigenvalue weighted by atomic mass is 32.1. The molecule has 1 aliphatic rings. The van der Waals surface area contributed by atoms with Crippen molar-refractivity contribution in [2.24, 2.45) is 0 Å². The van der Waals surface area contributed by atoms with Crippen LogP contribution in [0.3, 0.4) is 0 Å². The van der Waals surface area contributed by atoms with Crippen LogP contribution in [0.25, 0.3) is 0 Å². The van der Waals surface area contributed by atoms with Gasteiger partial charge in [0.2, 0.25) is 5.88 Å². The fraction of sp³-hybridized carbons (Fsp3) is 0.500. The van der Waals surface area contributed by atoms with E-state index >= 15 is 0 Å². The largest absolute Gasteiger partial charge is 0.407 e. The SMILES string of the molecule is CC(=O)Oc1csc(C2CC2)n1. The van der Waals surface area contributed by atoms with Crippen molar-refractivity contribution in [1.29, 1.82) is 0 Å². The molecule has 0 atom stereocenters. The van der Waals surface area contributed by atoms with Gasteiger partial charge >= 0.3 is 5.97 Å². The van der Waals surface area contributed by atoms with E-state index in [1.807, 2.05) is 0 Å². The minimum atomic E-state index is -0.303. The zero-order valence-electron chi connectivity index (χ0n) is 6.74. The summed E-state index contributed by atoms with van der Waals surface area (Å²) in [5.41, 5.74) is 0. The molecule has 64 valence electrons. The number of carbonyl (C=O) groups excluding carboxylic acids is 1. The average molecular weight is 183 g/mol. The highest BCUT2D eigenvalue weighted by Gasteiger charge is 2.26. The molecule has 0 unspecified atom stereocenters. The molecular formula is C8H9NO2S. The minimum absolute atomic E-state index is 0.303. The van der Waals surface area contributed by atoms with Gasteiger partial charge in [0.25, 0.3) is 0 Å². The van der Waals surface area contributed by atoms with Gasteiger partial charge in [-0.25, -0.2) is 4.98 Å². The number of esters is 1. The van der Waals surface area contributed by atoms with Gasteiger partial charge < -0.3 is 4.74 Å². The summed E-state index contributed by atoms with van der Waals surface area (Å²) in [6, 6.07) is 0. The Hall–Kier alpha value is -0.900. The van der Waals surface area contributed by atoms with Gasteiger partial charge in [-0.15, -0.1) is 11.3 Å². The van der Waals surface area contributed by atoms with E-state index in [1.54, 1.807) is 16.7 Å². The van der Waals surface area contributed by atoms with Crippen molar-refractivity contribution < 1.29 is 9.53 Å². The highest BCUT2D eigenvalue weighted by molar-refractivity contribution is 7.09. The predicted molar refractivity (Wildman–Crippen MR) is 45.4 cm³/mol. The fourth-order valence-corrected chi connectivity index (χ4v) is 1.88. The Balaban J connectivity index is 2.07. The number of carbonyl (C=O) groups is 1. The number of hydrogen-bond acceptors (Lipinski definition) is 4. The lowest BCUT2D eigenvalue weighted by atomic mass is 10.5. The molecule has 1 fully saturated rings. The molecule has 0 saturated heterocycles.